The van der Waals surface area contributed by atoms with Gasteiger partial charge in [-0.1, -0.05) is 18.2 Å². The monoisotopic (exact) mass is 417 g/mol. The van der Waals surface area contributed by atoms with Crippen LogP contribution in [-0.2, 0) is 16.4 Å². The summed E-state index contributed by atoms with van der Waals surface area (Å²) in [4.78, 5) is 16.8. The molecule has 2 aromatic rings. The van der Waals surface area contributed by atoms with Crippen molar-refractivity contribution in [3.05, 3.63) is 59.4 Å². The Labute approximate surface area is 170 Å². The van der Waals surface area contributed by atoms with E-state index in [0.29, 0.717) is 44.8 Å². The number of carbonyl (C=O) groups is 1. The average molecular weight is 418 g/mol. The van der Waals surface area contributed by atoms with Crippen molar-refractivity contribution in [2.24, 2.45) is 0 Å². The van der Waals surface area contributed by atoms with Gasteiger partial charge >= 0.3 is 0 Å². The number of carbonyl (C=O) groups excluding carboxylic acids is 1. The summed E-state index contributed by atoms with van der Waals surface area (Å²) >= 11 is 0. The van der Waals surface area contributed by atoms with E-state index in [0.717, 1.165) is 12.0 Å². The molecule has 0 N–H and O–H groups in total. The number of benzene rings is 2. The van der Waals surface area contributed by atoms with Crippen molar-refractivity contribution in [2.45, 2.75) is 17.7 Å². The second-order valence-corrected chi connectivity index (χ2v) is 9.48. The molecule has 29 heavy (non-hydrogen) atoms. The van der Waals surface area contributed by atoms with Gasteiger partial charge in [0, 0.05) is 38.3 Å². The van der Waals surface area contributed by atoms with E-state index < -0.39 is 15.8 Å². The molecule has 0 atom stereocenters. The molecule has 154 valence electrons. The summed E-state index contributed by atoms with van der Waals surface area (Å²) in [6, 6.07) is 10.9. The minimum Gasteiger partial charge on any atom is -0.305 e. The summed E-state index contributed by atoms with van der Waals surface area (Å²) in [6.07, 6.45) is 1.45. The predicted octanol–water partition coefficient (Wildman–Crippen LogP) is 2.35. The largest absolute Gasteiger partial charge is 0.305 e. The number of halogens is 1. The first-order valence-electron chi connectivity index (χ1n) is 9.76. The minimum absolute atomic E-state index is 0.0960. The number of nitrogens with zero attached hydrogens (tertiary/aromatic N) is 3. The Morgan fingerprint density at radius 1 is 1.00 bits per heavy atom. The molecule has 2 aromatic carbocycles. The number of hydrogen-bond acceptors (Lipinski definition) is 4. The Bertz CT molecular complexity index is 1030. The molecule has 0 aromatic heterocycles. The third-order valence-corrected chi connectivity index (χ3v) is 7.49. The molecule has 2 aliphatic rings. The van der Waals surface area contributed by atoms with Crippen LogP contribution in [-0.4, -0.2) is 63.3 Å². The summed E-state index contributed by atoms with van der Waals surface area (Å²) in [5.74, 6) is -0.816. The maximum absolute atomic E-state index is 14.4. The number of piperazine rings is 1. The fourth-order valence-corrected chi connectivity index (χ4v) is 5.40. The first-order chi connectivity index (χ1) is 13.9. The second kappa shape index (κ2) is 7.85. The van der Waals surface area contributed by atoms with E-state index in [2.05, 4.69) is 4.90 Å². The van der Waals surface area contributed by atoms with Gasteiger partial charge in [-0.25, -0.2) is 12.8 Å². The molecule has 2 aliphatic heterocycles. The molecule has 0 bridgehead atoms. The van der Waals surface area contributed by atoms with E-state index in [4.69, 9.17) is 0 Å². The number of para-hydroxylation sites is 1. The van der Waals surface area contributed by atoms with E-state index in [1.807, 2.05) is 13.1 Å². The van der Waals surface area contributed by atoms with Crippen LogP contribution in [0.15, 0.2) is 47.4 Å². The quantitative estimate of drug-likeness (QED) is 0.769. The van der Waals surface area contributed by atoms with Crippen LogP contribution >= 0.6 is 0 Å². The smallest absolute Gasteiger partial charge is 0.258 e. The number of fused-ring (bicyclic) bond motifs is 1. The number of anilines is 1. The normalized spacial score (nSPS) is 18.5. The summed E-state index contributed by atoms with van der Waals surface area (Å²) in [5.41, 5.74) is 1.35. The maximum atomic E-state index is 14.4. The van der Waals surface area contributed by atoms with Gasteiger partial charge in [-0.15, -0.1) is 0 Å². The molecule has 6 nitrogen and oxygen atoms in total. The highest BCUT2D eigenvalue weighted by molar-refractivity contribution is 7.89. The third kappa shape index (κ3) is 3.80. The van der Waals surface area contributed by atoms with Crippen molar-refractivity contribution in [3.8, 4) is 0 Å². The Morgan fingerprint density at radius 2 is 1.72 bits per heavy atom. The Balaban J connectivity index is 1.64. The van der Waals surface area contributed by atoms with E-state index in [1.165, 1.54) is 27.4 Å². The molecule has 1 saturated heterocycles. The molecular weight excluding hydrogens is 393 g/mol. The minimum atomic E-state index is -3.68. The van der Waals surface area contributed by atoms with Crippen LogP contribution in [0.25, 0.3) is 0 Å². The van der Waals surface area contributed by atoms with Crippen molar-refractivity contribution >= 4 is 21.6 Å². The van der Waals surface area contributed by atoms with Crippen LogP contribution < -0.4 is 4.90 Å². The number of aryl methyl sites for hydroxylation is 1. The van der Waals surface area contributed by atoms with Gasteiger partial charge in [0.25, 0.3) is 5.91 Å². The van der Waals surface area contributed by atoms with E-state index in [9.17, 15) is 17.6 Å². The van der Waals surface area contributed by atoms with Crippen molar-refractivity contribution in [3.63, 3.8) is 0 Å². The lowest BCUT2D eigenvalue weighted by Gasteiger charge is -2.32. The van der Waals surface area contributed by atoms with Crippen LogP contribution in [0.4, 0.5) is 10.1 Å². The summed E-state index contributed by atoms with van der Waals surface area (Å²) in [6.45, 7) is 2.58. The van der Waals surface area contributed by atoms with Gasteiger partial charge in [-0.3, -0.25) is 4.79 Å². The highest BCUT2D eigenvalue weighted by atomic mass is 32.2. The van der Waals surface area contributed by atoms with Crippen molar-refractivity contribution in [1.82, 2.24) is 9.21 Å². The fraction of sp³-hybridized carbons (Fsp3) is 0.381. The van der Waals surface area contributed by atoms with Crippen LogP contribution in [0.3, 0.4) is 0 Å². The molecule has 0 radical (unpaired) electrons. The number of amides is 1. The topological polar surface area (TPSA) is 60.9 Å². The van der Waals surface area contributed by atoms with Crippen LogP contribution in [0, 0.1) is 5.82 Å². The predicted molar refractivity (Wildman–Crippen MR) is 109 cm³/mol. The van der Waals surface area contributed by atoms with Gasteiger partial charge in [0.2, 0.25) is 10.0 Å². The lowest BCUT2D eigenvalue weighted by molar-refractivity contribution is 0.0984. The highest BCUT2D eigenvalue weighted by Crippen LogP contribution is 2.31. The van der Waals surface area contributed by atoms with Crippen LogP contribution in [0.2, 0.25) is 0 Å². The summed E-state index contributed by atoms with van der Waals surface area (Å²) in [5, 5.41) is 0. The zero-order valence-electron chi connectivity index (χ0n) is 16.3. The molecule has 0 aliphatic carbocycles. The van der Waals surface area contributed by atoms with Crippen LogP contribution in [0.1, 0.15) is 22.3 Å². The molecule has 0 unspecified atom stereocenters. The SMILES string of the molecule is CN1CCN(S(=O)(=O)c2cccc(C(=O)N3CCCc4cccc(F)c43)c2)CC1. The molecule has 1 amide bonds. The molecule has 4 rings (SSSR count). The van der Waals surface area contributed by atoms with Crippen molar-refractivity contribution in [1.29, 1.82) is 0 Å². The van der Waals surface area contributed by atoms with E-state index in [1.54, 1.807) is 18.2 Å². The van der Waals surface area contributed by atoms with Gasteiger partial charge in [0.05, 0.1) is 10.6 Å². The van der Waals surface area contributed by atoms with Gasteiger partial charge in [-0.2, -0.15) is 4.31 Å². The number of hydrogen-bond donors (Lipinski definition) is 0. The first-order valence-corrected chi connectivity index (χ1v) is 11.2. The van der Waals surface area contributed by atoms with Gasteiger partial charge in [-0.05, 0) is 49.7 Å². The Kier molecular flexibility index (Phi) is 5.42. The van der Waals surface area contributed by atoms with E-state index in [-0.39, 0.29) is 16.4 Å². The molecule has 1 fully saturated rings. The third-order valence-electron chi connectivity index (χ3n) is 5.59. The average Bonchev–Trinajstić information content (AvgIpc) is 2.73. The maximum Gasteiger partial charge on any atom is 0.258 e. The number of rotatable bonds is 3. The Hall–Kier alpha value is -2.29. The lowest BCUT2D eigenvalue weighted by atomic mass is 10.0. The number of likely N-dealkylation sites (N-methyl/N-ethyl adjacent to an activating group) is 1. The second-order valence-electron chi connectivity index (χ2n) is 7.54. The zero-order chi connectivity index (χ0) is 20.6. The molecule has 8 heteroatoms. The lowest BCUT2D eigenvalue weighted by Crippen LogP contribution is -2.47. The Morgan fingerprint density at radius 3 is 2.48 bits per heavy atom. The van der Waals surface area contributed by atoms with Crippen LogP contribution in [0.5, 0.6) is 0 Å². The van der Waals surface area contributed by atoms with Gasteiger partial charge in [0.15, 0.2) is 0 Å². The standard InChI is InChI=1S/C21H24FN3O3S/c1-23-11-13-24(14-12-23)29(27,28)18-8-2-6-17(15-18)21(26)25-10-4-7-16-5-3-9-19(22)20(16)25/h2-3,5-6,8-9,15H,4,7,10-14H2,1H3. The van der Waals surface area contributed by atoms with Crippen molar-refractivity contribution in [2.75, 3.05) is 44.7 Å². The molecule has 0 spiro atoms. The molecule has 0 saturated carbocycles. The van der Waals surface area contributed by atoms with E-state index >= 15 is 0 Å². The fourth-order valence-electron chi connectivity index (χ4n) is 3.93. The van der Waals surface area contributed by atoms with Crippen molar-refractivity contribution < 1.29 is 17.6 Å². The van der Waals surface area contributed by atoms with Gasteiger partial charge < -0.3 is 9.80 Å². The summed E-state index contributed by atoms with van der Waals surface area (Å²) in [7, 11) is -1.72. The van der Waals surface area contributed by atoms with Gasteiger partial charge in [0.1, 0.15) is 5.82 Å². The molecular formula is C21H24FN3O3S. The highest BCUT2D eigenvalue weighted by Gasteiger charge is 2.30. The zero-order valence-corrected chi connectivity index (χ0v) is 17.2. The number of sulfonamides is 1. The summed E-state index contributed by atoms with van der Waals surface area (Å²) < 4.78 is 41.9. The molecule has 2 heterocycles. The first kappa shape index (κ1) is 20.0.